The zero-order valence-electron chi connectivity index (χ0n) is 18.0. The Labute approximate surface area is 185 Å². The first-order chi connectivity index (χ1) is 15.1. The van der Waals surface area contributed by atoms with Crippen LogP contribution in [-0.2, 0) is 10.0 Å². The number of ether oxygens (including phenoxy) is 1. The van der Waals surface area contributed by atoms with Gasteiger partial charge in [-0.2, -0.15) is 4.31 Å². The minimum atomic E-state index is -3.44. The molecule has 1 aliphatic heterocycles. The highest BCUT2D eigenvalue weighted by Gasteiger charge is 2.35. The van der Waals surface area contributed by atoms with Crippen LogP contribution in [0.3, 0.4) is 0 Å². The molecule has 1 N–H and O–H groups in total. The fourth-order valence-electron chi connectivity index (χ4n) is 4.22. The van der Waals surface area contributed by atoms with E-state index < -0.39 is 27.9 Å². The van der Waals surface area contributed by atoms with Gasteiger partial charge in [0.2, 0.25) is 10.0 Å². The van der Waals surface area contributed by atoms with Crippen molar-refractivity contribution >= 4 is 27.0 Å². The molecule has 0 bridgehead atoms. The van der Waals surface area contributed by atoms with E-state index in [9.17, 15) is 22.7 Å². The average molecular weight is 462 g/mol. The van der Waals surface area contributed by atoms with Crippen LogP contribution in [-0.4, -0.2) is 42.7 Å². The van der Waals surface area contributed by atoms with Gasteiger partial charge in [0.25, 0.3) is 0 Å². The van der Waals surface area contributed by atoms with Gasteiger partial charge < -0.3 is 14.3 Å². The van der Waals surface area contributed by atoms with E-state index in [1.807, 2.05) is 13.8 Å². The van der Waals surface area contributed by atoms with E-state index in [-0.39, 0.29) is 17.4 Å². The monoisotopic (exact) mass is 461 g/mol. The van der Waals surface area contributed by atoms with E-state index in [0.29, 0.717) is 47.2 Å². The summed E-state index contributed by atoms with van der Waals surface area (Å²) in [4.78, 5) is 12.1. The summed E-state index contributed by atoms with van der Waals surface area (Å²) >= 11 is 0. The summed E-state index contributed by atoms with van der Waals surface area (Å²) in [6, 6.07) is 8.20. The number of furan rings is 1. The van der Waals surface area contributed by atoms with Crippen molar-refractivity contribution in [3.63, 3.8) is 0 Å². The van der Waals surface area contributed by atoms with E-state index >= 15 is 0 Å². The smallest absolute Gasteiger partial charge is 0.340 e. The zero-order chi connectivity index (χ0) is 23.2. The first-order valence-electron chi connectivity index (χ1n) is 10.3. The lowest BCUT2D eigenvalue weighted by Crippen LogP contribution is -2.29. The molecule has 1 atom stereocenters. The molecule has 7 nitrogen and oxygen atoms in total. The number of carboxylic acids is 1. The maximum atomic E-state index is 13.4. The molecule has 2 heterocycles. The number of fused-ring (bicyclic) bond motifs is 1. The number of benzene rings is 2. The minimum absolute atomic E-state index is 0.0573. The molecular formula is C23H24FNO6S. The largest absolute Gasteiger partial charge is 0.491 e. The summed E-state index contributed by atoms with van der Waals surface area (Å²) in [5.41, 5.74) is 1.29. The summed E-state index contributed by atoms with van der Waals surface area (Å²) in [5, 5.41) is 10.2. The van der Waals surface area contributed by atoms with Gasteiger partial charge in [-0.3, -0.25) is 0 Å². The fourth-order valence-corrected chi connectivity index (χ4v) is 5.36. The predicted molar refractivity (Wildman–Crippen MR) is 118 cm³/mol. The van der Waals surface area contributed by atoms with Crippen LogP contribution in [0.4, 0.5) is 4.39 Å². The second kappa shape index (κ2) is 8.22. The number of sulfonamides is 1. The van der Waals surface area contributed by atoms with E-state index in [1.54, 1.807) is 12.1 Å². The predicted octanol–water partition coefficient (Wildman–Crippen LogP) is 4.82. The number of aromatic carboxylic acids is 1. The van der Waals surface area contributed by atoms with Gasteiger partial charge in [0, 0.05) is 23.1 Å². The van der Waals surface area contributed by atoms with E-state index in [1.165, 1.54) is 34.8 Å². The Balaban J connectivity index is 1.95. The number of hydrogen-bond acceptors (Lipinski definition) is 5. The van der Waals surface area contributed by atoms with Crippen LogP contribution in [0.2, 0.25) is 0 Å². The quantitative estimate of drug-likeness (QED) is 0.565. The molecule has 2 aromatic carbocycles. The van der Waals surface area contributed by atoms with Crippen molar-refractivity contribution in [2.45, 2.75) is 38.8 Å². The van der Waals surface area contributed by atoms with Crippen LogP contribution in [0.5, 0.6) is 5.75 Å². The third-order valence-electron chi connectivity index (χ3n) is 5.49. The van der Waals surface area contributed by atoms with Crippen molar-refractivity contribution in [2.75, 3.05) is 12.8 Å². The molecule has 170 valence electrons. The van der Waals surface area contributed by atoms with Crippen LogP contribution in [0.15, 0.2) is 40.8 Å². The Hall–Kier alpha value is -2.91. The van der Waals surface area contributed by atoms with Crippen molar-refractivity contribution in [3.05, 3.63) is 53.3 Å². The van der Waals surface area contributed by atoms with Crippen LogP contribution in [0.25, 0.3) is 22.3 Å². The highest BCUT2D eigenvalue weighted by atomic mass is 32.2. The third kappa shape index (κ3) is 4.10. The van der Waals surface area contributed by atoms with Crippen molar-refractivity contribution < 1.29 is 31.9 Å². The Morgan fingerprint density at radius 1 is 1.25 bits per heavy atom. The number of rotatable bonds is 6. The number of nitrogens with zero attached hydrogens (tertiary/aromatic N) is 1. The van der Waals surface area contributed by atoms with Gasteiger partial charge in [-0.25, -0.2) is 17.6 Å². The number of hydrogen-bond donors (Lipinski definition) is 1. The molecule has 3 aromatic rings. The molecular weight excluding hydrogens is 437 g/mol. The number of halogens is 1. The van der Waals surface area contributed by atoms with Gasteiger partial charge in [-0.15, -0.1) is 0 Å². The normalized spacial score (nSPS) is 17.3. The summed E-state index contributed by atoms with van der Waals surface area (Å²) in [5.74, 6) is -1.11. The Kier molecular flexibility index (Phi) is 5.72. The van der Waals surface area contributed by atoms with Crippen LogP contribution >= 0.6 is 0 Å². The van der Waals surface area contributed by atoms with Gasteiger partial charge in [0.1, 0.15) is 28.5 Å². The van der Waals surface area contributed by atoms with E-state index in [4.69, 9.17) is 9.15 Å². The molecule has 0 radical (unpaired) electrons. The molecule has 0 saturated carbocycles. The maximum absolute atomic E-state index is 13.4. The summed E-state index contributed by atoms with van der Waals surface area (Å²) in [7, 11) is -3.44. The lowest BCUT2D eigenvalue weighted by Gasteiger charge is -2.25. The van der Waals surface area contributed by atoms with Crippen LogP contribution in [0.1, 0.15) is 48.7 Å². The number of carbonyl (C=O) groups is 1. The molecule has 4 rings (SSSR count). The fraction of sp³-hybridized carbons (Fsp3) is 0.348. The highest BCUT2D eigenvalue weighted by Crippen LogP contribution is 2.43. The van der Waals surface area contributed by atoms with Crippen LogP contribution in [0, 0.1) is 5.82 Å². The zero-order valence-corrected chi connectivity index (χ0v) is 18.8. The second-order valence-corrected chi connectivity index (χ2v) is 10.1. The maximum Gasteiger partial charge on any atom is 0.340 e. The average Bonchev–Trinajstić information content (AvgIpc) is 3.31. The molecule has 1 unspecified atom stereocenters. The molecule has 1 aromatic heterocycles. The molecule has 0 aliphatic carbocycles. The Morgan fingerprint density at radius 3 is 2.53 bits per heavy atom. The molecule has 1 aliphatic rings. The van der Waals surface area contributed by atoms with E-state index in [0.717, 1.165) is 0 Å². The van der Waals surface area contributed by atoms with Crippen LogP contribution < -0.4 is 4.74 Å². The minimum Gasteiger partial charge on any atom is -0.491 e. The topological polar surface area (TPSA) is 97.1 Å². The molecule has 32 heavy (non-hydrogen) atoms. The van der Waals surface area contributed by atoms with Gasteiger partial charge >= 0.3 is 5.97 Å². The molecule has 9 heteroatoms. The van der Waals surface area contributed by atoms with E-state index in [2.05, 4.69) is 0 Å². The summed E-state index contributed by atoms with van der Waals surface area (Å²) in [6.07, 6.45) is 2.28. The third-order valence-corrected chi connectivity index (χ3v) is 6.78. The van der Waals surface area contributed by atoms with Gasteiger partial charge in [0.05, 0.1) is 18.4 Å². The second-order valence-electron chi connectivity index (χ2n) is 8.20. The Morgan fingerprint density at radius 2 is 1.94 bits per heavy atom. The van der Waals surface area contributed by atoms with Crippen molar-refractivity contribution in [1.29, 1.82) is 0 Å². The molecule has 1 fully saturated rings. The molecule has 0 spiro atoms. The standard InChI is InChI=1S/C23H24FNO6S/c1-13(2)30-19-12-17-20(11-16(19)18-5-4-10-25(18)32(3,28)29)31-22(21(17)23(26)27)14-6-8-15(24)9-7-14/h6-9,11-13,18H,4-5,10H2,1-3H3,(H,26,27). The molecule has 1 saturated heterocycles. The SMILES string of the molecule is CC(C)Oc1cc2c(C(=O)O)c(-c3ccc(F)cc3)oc2cc1C1CCCN1S(C)(=O)=O. The van der Waals surface area contributed by atoms with Crippen molar-refractivity contribution in [2.24, 2.45) is 0 Å². The summed E-state index contributed by atoms with van der Waals surface area (Å²) in [6.45, 7) is 4.09. The Bertz CT molecular complexity index is 1280. The van der Waals surface area contributed by atoms with Gasteiger partial charge in [-0.05, 0) is 63.1 Å². The van der Waals surface area contributed by atoms with Crippen molar-refractivity contribution in [1.82, 2.24) is 4.31 Å². The first kappa shape index (κ1) is 22.3. The lowest BCUT2D eigenvalue weighted by molar-refractivity contribution is 0.0699. The number of carboxylic acid groups (broad SMARTS) is 1. The van der Waals surface area contributed by atoms with Crippen molar-refractivity contribution in [3.8, 4) is 17.1 Å². The van der Waals surface area contributed by atoms with Gasteiger partial charge in [-0.1, -0.05) is 0 Å². The lowest BCUT2D eigenvalue weighted by atomic mass is 10.00. The van der Waals surface area contributed by atoms with Gasteiger partial charge in [0.15, 0.2) is 0 Å². The highest BCUT2D eigenvalue weighted by molar-refractivity contribution is 7.88. The first-order valence-corrected chi connectivity index (χ1v) is 12.1. The summed E-state index contributed by atoms with van der Waals surface area (Å²) < 4.78 is 51.4. The molecule has 0 amide bonds.